The number of fused-ring (bicyclic) bond motifs is 1. The fourth-order valence-corrected chi connectivity index (χ4v) is 2.89. The molecule has 1 aliphatic carbocycles. The normalized spacial score (nSPS) is 25.0. The first-order valence-corrected chi connectivity index (χ1v) is 6.45. The average molecular weight is 226 g/mol. The van der Waals surface area contributed by atoms with Crippen molar-refractivity contribution in [1.29, 1.82) is 0 Å². The summed E-state index contributed by atoms with van der Waals surface area (Å²) in [6, 6.07) is 11.0. The summed E-state index contributed by atoms with van der Waals surface area (Å²) in [6.45, 7) is 0. The quantitative estimate of drug-likeness (QED) is 0.811. The summed E-state index contributed by atoms with van der Waals surface area (Å²) in [4.78, 5) is 4.42. The first kappa shape index (κ1) is 10.7. The summed E-state index contributed by atoms with van der Waals surface area (Å²) in [6.07, 6.45) is 6.82. The number of hydrogen-bond donors (Lipinski definition) is 1. The number of aromatic nitrogens is 1. The molecule has 1 aromatic heterocycles. The molecule has 2 heteroatoms. The van der Waals surface area contributed by atoms with E-state index in [1.54, 1.807) is 0 Å². The van der Waals surface area contributed by atoms with E-state index in [4.69, 9.17) is 5.73 Å². The molecule has 1 fully saturated rings. The third-order valence-electron chi connectivity index (χ3n) is 3.88. The lowest BCUT2D eigenvalue weighted by molar-refractivity contribution is 0.385. The fraction of sp³-hybridized carbons (Fsp3) is 0.400. The summed E-state index contributed by atoms with van der Waals surface area (Å²) >= 11 is 0. The topological polar surface area (TPSA) is 38.9 Å². The van der Waals surface area contributed by atoms with Crippen molar-refractivity contribution in [3.8, 4) is 0 Å². The molecule has 88 valence electrons. The van der Waals surface area contributed by atoms with Gasteiger partial charge >= 0.3 is 0 Å². The second-order valence-electron chi connectivity index (χ2n) is 5.01. The molecule has 2 unspecified atom stereocenters. The monoisotopic (exact) mass is 226 g/mol. The van der Waals surface area contributed by atoms with Crippen molar-refractivity contribution in [2.24, 2.45) is 5.73 Å². The highest BCUT2D eigenvalue weighted by molar-refractivity contribution is 5.79. The lowest BCUT2D eigenvalue weighted by Crippen LogP contribution is -2.31. The molecule has 2 N–H and O–H groups in total. The van der Waals surface area contributed by atoms with E-state index in [1.807, 2.05) is 12.3 Å². The van der Waals surface area contributed by atoms with Gasteiger partial charge in [0.05, 0.1) is 5.52 Å². The standard InChI is InChI=1S/C15H18N2/c16-14-6-2-1-5-13(14)12-8-7-11-4-3-9-17-15(11)10-12/h3-4,7-10,13-14H,1-2,5-6,16H2. The highest BCUT2D eigenvalue weighted by Crippen LogP contribution is 2.32. The highest BCUT2D eigenvalue weighted by Gasteiger charge is 2.23. The third kappa shape index (κ3) is 2.05. The predicted molar refractivity (Wildman–Crippen MR) is 70.9 cm³/mol. The van der Waals surface area contributed by atoms with Gasteiger partial charge < -0.3 is 5.73 Å². The molecular weight excluding hydrogens is 208 g/mol. The lowest BCUT2D eigenvalue weighted by atomic mass is 9.80. The Morgan fingerprint density at radius 1 is 1.12 bits per heavy atom. The fourth-order valence-electron chi connectivity index (χ4n) is 2.89. The molecule has 1 aliphatic rings. The van der Waals surface area contributed by atoms with Gasteiger partial charge in [-0.25, -0.2) is 0 Å². The minimum absolute atomic E-state index is 0.324. The number of nitrogens with zero attached hydrogens (tertiary/aromatic N) is 1. The van der Waals surface area contributed by atoms with Crippen molar-refractivity contribution in [1.82, 2.24) is 4.98 Å². The maximum Gasteiger partial charge on any atom is 0.0704 e. The molecular formula is C15H18N2. The highest BCUT2D eigenvalue weighted by atomic mass is 14.7. The maximum atomic E-state index is 6.23. The number of benzene rings is 1. The summed E-state index contributed by atoms with van der Waals surface area (Å²) in [5, 5.41) is 1.21. The van der Waals surface area contributed by atoms with E-state index in [9.17, 15) is 0 Å². The molecule has 0 aliphatic heterocycles. The van der Waals surface area contributed by atoms with Gasteiger partial charge in [-0.1, -0.05) is 31.0 Å². The van der Waals surface area contributed by atoms with Gasteiger partial charge in [-0.3, -0.25) is 4.98 Å². The minimum Gasteiger partial charge on any atom is -0.327 e. The molecule has 0 spiro atoms. The van der Waals surface area contributed by atoms with Gasteiger partial charge in [0.2, 0.25) is 0 Å². The van der Waals surface area contributed by atoms with Crippen LogP contribution in [0.5, 0.6) is 0 Å². The van der Waals surface area contributed by atoms with Gasteiger partial charge in [0.1, 0.15) is 0 Å². The largest absolute Gasteiger partial charge is 0.327 e. The zero-order valence-corrected chi connectivity index (χ0v) is 9.97. The SMILES string of the molecule is NC1CCCCC1c1ccc2cccnc2c1. The van der Waals surface area contributed by atoms with Crippen molar-refractivity contribution in [3.63, 3.8) is 0 Å². The Balaban J connectivity index is 1.99. The molecule has 0 radical (unpaired) electrons. The second kappa shape index (κ2) is 4.46. The van der Waals surface area contributed by atoms with Crippen LogP contribution in [0.3, 0.4) is 0 Å². The van der Waals surface area contributed by atoms with Gasteiger partial charge in [-0.2, -0.15) is 0 Å². The Bertz CT molecular complexity index is 521. The van der Waals surface area contributed by atoms with Crippen LogP contribution >= 0.6 is 0 Å². The molecule has 2 atom stereocenters. The van der Waals surface area contributed by atoms with Crippen molar-refractivity contribution in [2.75, 3.05) is 0 Å². The van der Waals surface area contributed by atoms with E-state index in [1.165, 1.54) is 30.2 Å². The maximum absolute atomic E-state index is 6.23. The Kier molecular flexibility index (Phi) is 2.81. The number of rotatable bonds is 1. The van der Waals surface area contributed by atoms with E-state index < -0.39 is 0 Å². The van der Waals surface area contributed by atoms with Crippen LogP contribution in [0.2, 0.25) is 0 Å². The van der Waals surface area contributed by atoms with Crippen LogP contribution in [0.4, 0.5) is 0 Å². The van der Waals surface area contributed by atoms with Crippen LogP contribution in [0, 0.1) is 0 Å². The van der Waals surface area contributed by atoms with Gasteiger partial charge in [0.25, 0.3) is 0 Å². The van der Waals surface area contributed by atoms with Crippen LogP contribution in [-0.4, -0.2) is 11.0 Å². The van der Waals surface area contributed by atoms with Crippen LogP contribution in [0.25, 0.3) is 10.9 Å². The van der Waals surface area contributed by atoms with E-state index in [0.717, 1.165) is 11.9 Å². The van der Waals surface area contributed by atoms with Crippen LogP contribution < -0.4 is 5.73 Å². The molecule has 0 amide bonds. The second-order valence-corrected chi connectivity index (χ2v) is 5.01. The molecule has 2 nitrogen and oxygen atoms in total. The van der Waals surface area contributed by atoms with Crippen LogP contribution in [-0.2, 0) is 0 Å². The van der Waals surface area contributed by atoms with Gasteiger partial charge in [-0.15, -0.1) is 0 Å². The van der Waals surface area contributed by atoms with Gasteiger partial charge in [0.15, 0.2) is 0 Å². The Morgan fingerprint density at radius 2 is 2.00 bits per heavy atom. The zero-order valence-electron chi connectivity index (χ0n) is 9.97. The van der Waals surface area contributed by atoms with E-state index >= 15 is 0 Å². The smallest absolute Gasteiger partial charge is 0.0704 e. The van der Waals surface area contributed by atoms with E-state index in [2.05, 4.69) is 29.2 Å². The molecule has 2 aromatic rings. The summed E-state index contributed by atoms with van der Waals surface area (Å²) < 4.78 is 0. The van der Waals surface area contributed by atoms with Crippen LogP contribution in [0.1, 0.15) is 37.2 Å². The number of hydrogen-bond acceptors (Lipinski definition) is 2. The van der Waals surface area contributed by atoms with E-state index in [0.29, 0.717) is 12.0 Å². The van der Waals surface area contributed by atoms with Crippen molar-refractivity contribution >= 4 is 10.9 Å². The zero-order chi connectivity index (χ0) is 11.7. The Hall–Kier alpha value is -1.41. The van der Waals surface area contributed by atoms with Crippen molar-refractivity contribution in [2.45, 2.75) is 37.6 Å². The van der Waals surface area contributed by atoms with Gasteiger partial charge in [0, 0.05) is 17.6 Å². The first-order chi connectivity index (χ1) is 8.34. The Morgan fingerprint density at radius 3 is 2.88 bits per heavy atom. The van der Waals surface area contributed by atoms with E-state index in [-0.39, 0.29) is 0 Å². The van der Waals surface area contributed by atoms with Gasteiger partial charge in [-0.05, 0) is 36.5 Å². The summed E-state index contributed by atoms with van der Waals surface area (Å²) in [7, 11) is 0. The number of pyridine rings is 1. The molecule has 0 bridgehead atoms. The van der Waals surface area contributed by atoms with Crippen molar-refractivity contribution < 1.29 is 0 Å². The van der Waals surface area contributed by atoms with Crippen LogP contribution in [0.15, 0.2) is 36.5 Å². The Labute approximate surface area is 102 Å². The minimum atomic E-state index is 0.324. The molecule has 1 heterocycles. The lowest BCUT2D eigenvalue weighted by Gasteiger charge is -2.29. The average Bonchev–Trinajstić information content (AvgIpc) is 2.39. The molecule has 1 saturated carbocycles. The number of nitrogens with two attached hydrogens (primary N) is 1. The summed E-state index contributed by atoms with van der Waals surface area (Å²) in [5.41, 5.74) is 8.68. The molecule has 3 rings (SSSR count). The molecule has 0 saturated heterocycles. The predicted octanol–water partition coefficient (Wildman–Crippen LogP) is 3.22. The van der Waals surface area contributed by atoms with Crippen molar-refractivity contribution in [3.05, 3.63) is 42.1 Å². The molecule has 17 heavy (non-hydrogen) atoms. The summed E-state index contributed by atoms with van der Waals surface area (Å²) in [5.74, 6) is 0.523. The first-order valence-electron chi connectivity index (χ1n) is 6.45. The molecule has 1 aromatic carbocycles. The third-order valence-corrected chi connectivity index (χ3v) is 3.88.